The predicted octanol–water partition coefficient (Wildman–Crippen LogP) is 1.71. The smallest absolute Gasteiger partial charge is 0.251 e. The molecule has 0 heterocycles. The van der Waals surface area contributed by atoms with E-state index in [2.05, 4.69) is 5.32 Å². The summed E-state index contributed by atoms with van der Waals surface area (Å²) in [4.78, 5) is 11.9. The molecule has 0 unspecified atom stereocenters. The molecular formula is C13H17FN2O2. The van der Waals surface area contributed by atoms with Crippen molar-refractivity contribution in [2.24, 2.45) is 0 Å². The Labute approximate surface area is 105 Å². The van der Waals surface area contributed by atoms with Gasteiger partial charge in [-0.05, 0) is 37.5 Å². The van der Waals surface area contributed by atoms with Crippen molar-refractivity contribution in [1.29, 1.82) is 0 Å². The number of rotatable bonds is 4. The van der Waals surface area contributed by atoms with Crippen molar-refractivity contribution >= 4 is 11.6 Å². The molecule has 1 fully saturated rings. The van der Waals surface area contributed by atoms with Crippen molar-refractivity contribution in [3.8, 4) is 0 Å². The molecule has 1 amide bonds. The largest absolute Gasteiger partial charge is 0.396 e. The van der Waals surface area contributed by atoms with Crippen LogP contribution in [0.15, 0.2) is 18.2 Å². The zero-order valence-corrected chi connectivity index (χ0v) is 10.3. The summed E-state index contributed by atoms with van der Waals surface area (Å²) in [6.45, 7) is 0.472. The molecule has 18 heavy (non-hydrogen) atoms. The lowest BCUT2D eigenvalue weighted by atomic mass is 9.80. The SMILES string of the molecule is COC1(CNC(=O)c2ccc(F)c(N)c2)CCC1. The number of hydrogen-bond acceptors (Lipinski definition) is 3. The average Bonchev–Trinajstić information content (AvgIpc) is 2.31. The third kappa shape index (κ3) is 2.46. The Morgan fingerprint density at radius 2 is 2.28 bits per heavy atom. The molecule has 0 bridgehead atoms. The molecule has 0 aromatic heterocycles. The zero-order valence-electron chi connectivity index (χ0n) is 10.3. The Kier molecular flexibility index (Phi) is 3.52. The van der Waals surface area contributed by atoms with Crippen molar-refractivity contribution < 1.29 is 13.9 Å². The number of ether oxygens (including phenoxy) is 1. The van der Waals surface area contributed by atoms with E-state index in [0.29, 0.717) is 12.1 Å². The van der Waals surface area contributed by atoms with E-state index in [1.54, 1.807) is 7.11 Å². The summed E-state index contributed by atoms with van der Waals surface area (Å²) in [5.74, 6) is -0.774. The highest BCUT2D eigenvalue weighted by molar-refractivity contribution is 5.95. The maximum Gasteiger partial charge on any atom is 0.251 e. The molecular weight excluding hydrogens is 235 g/mol. The summed E-state index contributed by atoms with van der Waals surface area (Å²) in [6.07, 6.45) is 3.03. The molecule has 1 aliphatic rings. The molecule has 98 valence electrons. The van der Waals surface area contributed by atoms with E-state index < -0.39 is 5.82 Å². The normalized spacial score (nSPS) is 17.0. The summed E-state index contributed by atoms with van der Waals surface area (Å²) in [5, 5.41) is 2.80. The monoisotopic (exact) mass is 252 g/mol. The first-order chi connectivity index (χ1) is 8.56. The van der Waals surface area contributed by atoms with E-state index in [4.69, 9.17) is 10.5 Å². The van der Waals surface area contributed by atoms with Gasteiger partial charge in [0, 0.05) is 19.2 Å². The number of nitrogens with one attached hydrogen (secondary N) is 1. The minimum atomic E-state index is -0.515. The third-order valence-electron chi connectivity index (χ3n) is 3.53. The second kappa shape index (κ2) is 4.94. The van der Waals surface area contributed by atoms with Crippen molar-refractivity contribution in [2.75, 3.05) is 19.4 Å². The van der Waals surface area contributed by atoms with Crippen molar-refractivity contribution in [2.45, 2.75) is 24.9 Å². The second-order valence-electron chi connectivity index (χ2n) is 4.66. The fraction of sp³-hybridized carbons (Fsp3) is 0.462. The Morgan fingerprint density at radius 1 is 1.56 bits per heavy atom. The Balaban J connectivity index is 1.97. The number of nitrogen functional groups attached to an aromatic ring is 1. The topological polar surface area (TPSA) is 64.3 Å². The molecule has 0 aliphatic heterocycles. The molecule has 1 aliphatic carbocycles. The first-order valence-corrected chi connectivity index (χ1v) is 5.95. The first-order valence-electron chi connectivity index (χ1n) is 5.95. The summed E-state index contributed by atoms with van der Waals surface area (Å²) in [5.41, 5.74) is 5.54. The number of anilines is 1. The average molecular weight is 252 g/mol. The van der Waals surface area contributed by atoms with Crippen LogP contribution in [0.4, 0.5) is 10.1 Å². The van der Waals surface area contributed by atoms with E-state index in [9.17, 15) is 9.18 Å². The van der Waals surface area contributed by atoms with Crippen LogP contribution in [0.25, 0.3) is 0 Å². The van der Waals surface area contributed by atoms with Crippen LogP contribution in [0.1, 0.15) is 29.6 Å². The summed E-state index contributed by atoms with van der Waals surface area (Å²) in [7, 11) is 1.65. The standard InChI is InChI=1S/C13H17FN2O2/c1-18-13(5-2-6-13)8-16-12(17)9-3-4-10(14)11(15)7-9/h3-4,7H,2,5-6,8,15H2,1H3,(H,16,17). The predicted molar refractivity (Wildman–Crippen MR) is 66.7 cm³/mol. The van der Waals surface area contributed by atoms with Crippen LogP contribution in [-0.2, 0) is 4.74 Å². The fourth-order valence-electron chi connectivity index (χ4n) is 2.05. The maximum absolute atomic E-state index is 13.0. The van der Waals surface area contributed by atoms with E-state index in [1.165, 1.54) is 18.2 Å². The lowest BCUT2D eigenvalue weighted by Crippen LogP contribution is -2.49. The number of hydrogen-bond donors (Lipinski definition) is 2. The third-order valence-corrected chi connectivity index (χ3v) is 3.53. The van der Waals surface area contributed by atoms with Gasteiger partial charge in [0.2, 0.25) is 0 Å². The van der Waals surface area contributed by atoms with Gasteiger partial charge in [-0.1, -0.05) is 0 Å². The van der Waals surface area contributed by atoms with Crippen LogP contribution in [0, 0.1) is 5.82 Å². The number of carbonyl (C=O) groups is 1. The molecule has 3 N–H and O–H groups in total. The molecule has 0 saturated heterocycles. The number of nitrogens with two attached hydrogens (primary N) is 1. The van der Waals surface area contributed by atoms with Crippen molar-refractivity contribution in [3.63, 3.8) is 0 Å². The van der Waals surface area contributed by atoms with Gasteiger partial charge < -0.3 is 15.8 Å². The highest BCUT2D eigenvalue weighted by Crippen LogP contribution is 2.34. The second-order valence-corrected chi connectivity index (χ2v) is 4.66. The zero-order chi connectivity index (χ0) is 13.2. The maximum atomic E-state index is 13.0. The Morgan fingerprint density at radius 3 is 2.78 bits per heavy atom. The van der Waals surface area contributed by atoms with Gasteiger partial charge in [0.1, 0.15) is 5.82 Å². The lowest BCUT2D eigenvalue weighted by molar-refractivity contribution is -0.0679. The lowest BCUT2D eigenvalue weighted by Gasteiger charge is -2.40. The molecule has 1 aromatic carbocycles. The van der Waals surface area contributed by atoms with Gasteiger partial charge >= 0.3 is 0 Å². The Hall–Kier alpha value is -1.62. The van der Waals surface area contributed by atoms with Gasteiger partial charge in [0.05, 0.1) is 11.3 Å². The van der Waals surface area contributed by atoms with Crippen LogP contribution in [-0.4, -0.2) is 25.2 Å². The van der Waals surface area contributed by atoms with E-state index in [0.717, 1.165) is 19.3 Å². The highest BCUT2D eigenvalue weighted by Gasteiger charge is 2.37. The van der Waals surface area contributed by atoms with Gasteiger partial charge in [0.25, 0.3) is 5.91 Å². The molecule has 4 nitrogen and oxygen atoms in total. The molecule has 5 heteroatoms. The number of amides is 1. The van der Waals surface area contributed by atoms with Crippen LogP contribution >= 0.6 is 0 Å². The van der Waals surface area contributed by atoms with Gasteiger partial charge in [-0.15, -0.1) is 0 Å². The summed E-state index contributed by atoms with van der Waals surface area (Å²) >= 11 is 0. The van der Waals surface area contributed by atoms with Crippen molar-refractivity contribution in [3.05, 3.63) is 29.6 Å². The molecule has 1 saturated carbocycles. The minimum absolute atomic E-state index is 0.0206. The number of carbonyl (C=O) groups excluding carboxylic acids is 1. The van der Waals surface area contributed by atoms with Gasteiger partial charge in [-0.3, -0.25) is 4.79 Å². The van der Waals surface area contributed by atoms with Crippen molar-refractivity contribution in [1.82, 2.24) is 5.32 Å². The van der Waals surface area contributed by atoms with Crippen LogP contribution in [0.5, 0.6) is 0 Å². The summed E-state index contributed by atoms with van der Waals surface area (Å²) in [6, 6.07) is 3.95. The molecule has 2 rings (SSSR count). The first kappa shape index (κ1) is 12.8. The molecule has 0 radical (unpaired) electrons. The molecule has 1 aromatic rings. The van der Waals surface area contributed by atoms with E-state index in [-0.39, 0.29) is 17.2 Å². The molecule has 0 atom stereocenters. The van der Waals surface area contributed by atoms with E-state index >= 15 is 0 Å². The van der Waals surface area contributed by atoms with E-state index in [1.807, 2.05) is 0 Å². The summed E-state index contributed by atoms with van der Waals surface area (Å²) < 4.78 is 18.4. The molecule has 0 spiro atoms. The van der Waals surface area contributed by atoms with Crippen LogP contribution in [0.2, 0.25) is 0 Å². The number of benzene rings is 1. The van der Waals surface area contributed by atoms with Crippen LogP contribution in [0.3, 0.4) is 0 Å². The highest BCUT2D eigenvalue weighted by atomic mass is 19.1. The quantitative estimate of drug-likeness (QED) is 0.802. The van der Waals surface area contributed by atoms with Crippen LogP contribution < -0.4 is 11.1 Å². The fourth-order valence-corrected chi connectivity index (χ4v) is 2.05. The van der Waals surface area contributed by atoms with Gasteiger partial charge in [0.15, 0.2) is 0 Å². The van der Waals surface area contributed by atoms with Gasteiger partial charge in [-0.2, -0.15) is 0 Å². The minimum Gasteiger partial charge on any atom is -0.396 e. The van der Waals surface area contributed by atoms with Gasteiger partial charge in [-0.25, -0.2) is 4.39 Å². The number of methoxy groups -OCH3 is 1. The Bertz CT molecular complexity index is 453. The number of halogens is 1.